The van der Waals surface area contributed by atoms with E-state index in [1.54, 1.807) is 0 Å². The first-order valence-corrected chi connectivity index (χ1v) is 15.7. The Morgan fingerprint density at radius 2 is 0.919 bits per heavy atom. The van der Waals surface area contributed by atoms with E-state index in [0.29, 0.717) is 0 Å². The van der Waals surface area contributed by atoms with Crippen molar-refractivity contribution < 1.29 is 5.11 Å². The molecular formula is C35H57NO. The van der Waals surface area contributed by atoms with Crippen molar-refractivity contribution in [3.63, 3.8) is 0 Å². The summed E-state index contributed by atoms with van der Waals surface area (Å²) in [7, 11) is 0. The Balaban J connectivity index is 1.62. The zero-order valence-electron chi connectivity index (χ0n) is 24.3. The second-order valence-electron chi connectivity index (χ2n) is 11.2. The highest BCUT2D eigenvalue weighted by atomic mass is 16.3. The van der Waals surface area contributed by atoms with E-state index in [9.17, 15) is 5.11 Å². The SMILES string of the molecule is CCCCCCCCCCCCCCCCCC(O)C(CC)N(Cc1ccccc1)Cc1ccccc1. The molecule has 2 heteroatoms. The molecular weight excluding hydrogens is 450 g/mol. The number of rotatable bonds is 23. The third kappa shape index (κ3) is 14.8. The summed E-state index contributed by atoms with van der Waals surface area (Å²) >= 11 is 0. The van der Waals surface area contributed by atoms with Crippen molar-refractivity contribution >= 4 is 0 Å². The average Bonchev–Trinajstić information content (AvgIpc) is 2.92. The van der Waals surface area contributed by atoms with E-state index in [2.05, 4.69) is 79.4 Å². The minimum absolute atomic E-state index is 0.187. The molecule has 0 saturated heterocycles. The van der Waals surface area contributed by atoms with Crippen molar-refractivity contribution in [2.45, 2.75) is 148 Å². The van der Waals surface area contributed by atoms with Crippen molar-refractivity contribution in [2.24, 2.45) is 0 Å². The molecule has 0 fully saturated rings. The fraction of sp³-hybridized carbons (Fsp3) is 0.657. The quantitative estimate of drug-likeness (QED) is 0.151. The van der Waals surface area contributed by atoms with Gasteiger partial charge in [0, 0.05) is 19.1 Å². The van der Waals surface area contributed by atoms with Gasteiger partial charge in [0.05, 0.1) is 6.10 Å². The molecule has 0 aliphatic rings. The molecule has 2 aromatic carbocycles. The Morgan fingerprint density at radius 3 is 1.30 bits per heavy atom. The predicted molar refractivity (Wildman–Crippen MR) is 162 cm³/mol. The molecule has 208 valence electrons. The van der Waals surface area contributed by atoms with Gasteiger partial charge in [-0.05, 0) is 24.0 Å². The zero-order valence-corrected chi connectivity index (χ0v) is 24.3. The highest BCUT2D eigenvalue weighted by molar-refractivity contribution is 5.17. The van der Waals surface area contributed by atoms with Crippen LogP contribution < -0.4 is 0 Å². The van der Waals surface area contributed by atoms with E-state index in [-0.39, 0.29) is 12.1 Å². The lowest BCUT2D eigenvalue weighted by molar-refractivity contribution is 0.0304. The molecule has 0 heterocycles. The Hall–Kier alpha value is -1.64. The molecule has 2 nitrogen and oxygen atoms in total. The zero-order chi connectivity index (χ0) is 26.4. The van der Waals surface area contributed by atoms with E-state index >= 15 is 0 Å². The van der Waals surface area contributed by atoms with Gasteiger partial charge in [-0.3, -0.25) is 4.90 Å². The average molecular weight is 508 g/mol. The van der Waals surface area contributed by atoms with Crippen LogP contribution in [0.25, 0.3) is 0 Å². The lowest BCUT2D eigenvalue weighted by Gasteiger charge is -2.34. The van der Waals surface area contributed by atoms with Gasteiger partial charge in [0.15, 0.2) is 0 Å². The molecule has 2 aromatic rings. The van der Waals surface area contributed by atoms with Gasteiger partial charge in [-0.1, -0.05) is 171 Å². The van der Waals surface area contributed by atoms with Crippen molar-refractivity contribution in [3.05, 3.63) is 71.8 Å². The summed E-state index contributed by atoms with van der Waals surface area (Å²) < 4.78 is 0. The third-order valence-corrected chi connectivity index (χ3v) is 7.89. The third-order valence-electron chi connectivity index (χ3n) is 7.89. The number of nitrogens with zero attached hydrogens (tertiary/aromatic N) is 1. The molecule has 0 bridgehead atoms. The molecule has 37 heavy (non-hydrogen) atoms. The first-order chi connectivity index (χ1) is 18.2. The number of unbranched alkanes of at least 4 members (excludes halogenated alkanes) is 14. The van der Waals surface area contributed by atoms with Crippen LogP contribution in [0.15, 0.2) is 60.7 Å². The smallest absolute Gasteiger partial charge is 0.0695 e. The first kappa shape index (κ1) is 31.6. The highest BCUT2D eigenvalue weighted by Crippen LogP contribution is 2.21. The summed E-state index contributed by atoms with van der Waals surface area (Å²) in [6, 6.07) is 21.6. The molecule has 0 aliphatic heterocycles. The van der Waals surface area contributed by atoms with Crippen LogP contribution in [0.4, 0.5) is 0 Å². The second kappa shape index (κ2) is 21.3. The largest absolute Gasteiger partial charge is 0.391 e. The monoisotopic (exact) mass is 507 g/mol. The molecule has 2 unspecified atom stereocenters. The van der Waals surface area contributed by atoms with E-state index < -0.39 is 0 Å². The summed E-state index contributed by atoms with van der Waals surface area (Å²) in [5.74, 6) is 0. The van der Waals surface area contributed by atoms with Crippen molar-refractivity contribution in [3.8, 4) is 0 Å². The van der Waals surface area contributed by atoms with Gasteiger partial charge in [0.1, 0.15) is 0 Å². The number of hydrogen-bond acceptors (Lipinski definition) is 2. The highest BCUT2D eigenvalue weighted by Gasteiger charge is 2.24. The van der Waals surface area contributed by atoms with Gasteiger partial charge in [0.2, 0.25) is 0 Å². The standard InChI is InChI=1S/C35H57NO/c1-3-5-6-7-8-9-10-11-12-13-14-15-16-17-24-29-35(37)34(4-2)36(30-32-25-20-18-21-26-32)31-33-27-22-19-23-28-33/h18-23,25-28,34-35,37H,3-17,24,29-31H2,1-2H3. The van der Waals surface area contributed by atoms with Crippen LogP contribution in [0.2, 0.25) is 0 Å². The van der Waals surface area contributed by atoms with Gasteiger partial charge in [-0.2, -0.15) is 0 Å². The van der Waals surface area contributed by atoms with E-state index in [0.717, 1.165) is 32.4 Å². The topological polar surface area (TPSA) is 23.5 Å². The Kier molecular flexibility index (Phi) is 18.2. The molecule has 0 amide bonds. The molecule has 2 rings (SSSR count). The normalized spacial score (nSPS) is 13.2. The van der Waals surface area contributed by atoms with Crippen LogP contribution in [0.5, 0.6) is 0 Å². The van der Waals surface area contributed by atoms with E-state index in [1.807, 2.05) is 0 Å². The van der Waals surface area contributed by atoms with Crippen molar-refractivity contribution in [2.75, 3.05) is 0 Å². The molecule has 0 saturated carbocycles. The van der Waals surface area contributed by atoms with Crippen molar-refractivity contribution in [1.29, 1.82) is 0 Å². The lowest BCUT2D eigenvalue weighted by Crippen LogP contribution is -2.42. The molecule has 0 aliphatic carbocycles. The number of aliphatic hydroxyl groups excluding tert-OH is 1. The van der Waals surface area contributed by atoms with E-state index in [1.165, 1.54) is 101 Å². The van der Waals surface area contributed by atoms with Crippen LogP contribution in [0, 0.1) is 0 Å². The molecule has 2 atom stereocenters. The van der Waals surface area contributed by atoms with Crippen LogP contribution >= 0.6 is 0 Å². The van der Waals surface area contributed by atoms with Gasteiger partial charge < -0.3 is 5.11 Å². The summed E-state index contributed by atoms with van der Waals surface area (Å²) in [4.78, 5) is 2.49. The number of benzene rings is 2. The fourth-order valence-electron chi connectivity index (χ4n) is 5.62. The summed E-state index contributed by atoms with van der Waals surface area (Å²) in [6.45, 7) is 6.28. The minimum atomic E-state index is -0.264. The molecule has 1 N–H and O–H groups in total. The Labute approximate surface area is 229 Å². The van der Waals surface area contributed by atoms with E-state index in [4.69, 9.17) is 0 Å². The van der Waals surface area contributed by atoms with Crippen LogP contribution in [-0.2, 0) is 13.1 Å². The fourth-order valence-corrected chi connectivity index (χ4v) is 5.62. The van der Waals surface area contributed by atoms with Gasteiger partial charge in [0.25, 0.3) is 0 Å². The maximum absolute atomic E-state index is 11.2. The Morgan fingerprint density at radius 1 is 0.541 bits per heavy atom. The number of aliphatic hydroxyl groups is 1. The summed E-state index contributed by atoms with van der Waals surface area (Å²) in [5.41, 5.74) is 2.63. The molecule has 0 aromatic heterocycles. The number of hydrogen-bond donors (Lipinski definition) is 1. The van der Waals surface area contributed by atoms with Gasteiger partial charge in [-0.15, -0.1) is 0 Å². The van der Waals surface area contributed by atoms with Crippen molar-refractivity contribution in [1.82, 2.24) is 4.90 Å². The van der Waals surface area contributed by atoms with Crippen LogP contribution in [-0.4, -0.2) is 22.2 Å². The summed E-state index contributed by atoms with van der Waals surface area (Å²) in [5, 5.41) is 11.2. The second-order valence-corrected chi connectivity index (χ2v) is 11.2. The van der Waals surface area contributed by atoms with Gasteiger partial charge >= 0.3 is 0 Å². The predicted octanol–water partition coefficient (Wildman–Crippen LogP) is 10.1. The van der Waals surface area contributed by atoms with Crippen LogP contribution in [0.1, 0.15) is 134 Å². The molecule has 0 spiro atoms. The molecule has 0 radical (unpaired) electrons. The maximum atomic E-state index is 11.2. The Bertz CT molecular complexity index is 705. The first-order valence-electron chi connectivity index (χ1n) is 15.7. The summed E-state index contributed by atoms with van der Waals surface area (Å²) in [6.07, 6.45) is 22.3. The maximum Gasteiger partial charge on any atom is 0.0695 e. The minimum Gasteiger partial charge on any atom is -0.391 e. The van der Waals surface area contributed by atoms with Gasteiger partial charge in [-0.25, -0.2) is 0 Å². The lowest BCUT2D eigenvalue weighted by atomic mass is 9.98. The van der Waals surface area contributed by atoms with Crippen LogP contribution in [0.3, 0.4) is 0 Å².